The molecule has 0 radical (unpaired) electrons. The van der Waals surface area contributed by atoms with E-state index in [0.29, 0.717) is 16.4 Å². The first-order valence-electron chi connectivity index (χ1n) is 7.39. The molecule has 25 heavy (non-hydrogen) atoms. The summed E-state index contributed by atoms with van der Waals surface area (Å²) in [5.41, 5.74) is 1.98. The Morgan fingerprint density at radius 3 is 2.32 bits per heavy atom. The molecule has 1 aromatic heterocycles. The Hall–Kier alpha value is -2.64. The van der Waals surface area contributed by atoms with Gasteiger partial charge in [0.05, 0.1) is 28.1 Å². The van der Waals surface area contributed by atoms with Crippen LogP contribution in [0.3, 0.4) is 0 Å². The minimum atomic E-state index is -3.72. The maximum Gasteiger partial charge on any atom is 0.276 e. The number of aryl methyl sites for hydroxylation is 1. The fourth-order valence-corrected chi connectivity index (χ4v) is 3.34. The first-order chi connectivity index (χ1) is 12.0. The lowest BCUT2D eigenvalue weighted by molar-refractivity contribution is 0.584. The zero-order chi connectivity index (χ0) is 17.9. The molecule has 2 aromatic carbocycles. The summed E-state index contributed by atoms with van der Waals surface area (Å²) in [6.45, 7) is 1.78. The van der Waals surface area contributed by atoms with Gasteiger partial charge < -0.3 is 0 Å². The highest BCUT2D eigenvalue weighted by molar-refractivity contribution is 7.89. The molecular formula is C17H15ClN4O2S. The van der Waals surface area contributed by atoms with Gasteiger partial charge in [-0.3, -0.25) is 0 Å². The molecule has 8 heteroatoms. The molecule has 0 spiro atoms. The summed E-state index contributed by atoms with van der Waals surface area (Å²) in [4.78, 5) is 2.31. The lowest BCUT2D eigenvalue weighted by atomic mass is 10.3. The summed E-state index contributed by atoms with van der Waals surface area (Å²) in [6, 6.07) is 17.4. The van der Waals surface area contributed by atoms with Crippen LogP contribution in [-0.2, 0) is 10.0 Å². The molecule has 0 aliphatic rings. The summed E-state index contributed by atoms with van der Waals surface area (Å²) < 4.78 is 25.9. The predicted octanol–water partition coefficient (Wildman–Crippen LogP) is 3.15. The van der Waals surface area contributed by atoms with Crippen molar-refractivity contribution in [1.29, 1.82) is 0 Å². The number of nitrogens with one attached hydrogen (secondary N) is 1. The number of sulfonamides is 1. The smallest absolute Gasteiger partial charge is 0.221 e. The van der Waals surface area contributed by atoms with Crippen LogP contribution in [0, 0.1) is 6.92 Å². The molecule has 0 saturated carbocycles. The summed E-state index contributed by atoms with van der Waals surface area (Å²) in [5.74, 6) is 0. The van der Waals surface area contributed by atoms with Crippen molar-refractivity contribution in [3.63, 3.8) is 0 Å². The van der Waals surface area contributed by atoms with Gasteiger partial charge in [0.1, 0.15) is 5.15 Å². The quantitative estimate of drug-likeness (QED) is 0.550. The topological polar surface area (TPSA) is 76.3 Å². The minimum absolute atomic E-state index is 0.134. The van der Waals surface area contributed by atoms with Crippen molar-refractivity contribution in [3.05, 3.63) is 77.1 Å². The van der Waals surface area contributed by atoms with Gasteiger partial charge in [0.2, 0.25) is 0 Å². The first kappa shape index (κ1) is 17.2. The van der Waals surface area contributed by atoms with Crippen LogP contribution in [0.2, 0.25) is 5.15 Å². The van der Waals surface area contributed by atoms with E-state index in [0.717, 1.165) is 5.69 Å². The maximum atomic E-state index is 12.1. The van der Waals surface area contributed by atoms with Gasteiger partial charge in [0, 0.05) is 0 Å². The van der Waals surface area contributed by atoms with Gasteiger partial charge in [-0.2, -0.15) is 18.6 Å². The Balaban J connectivity index is 1.84. The van der Waals surface area contributed by atoms with Gasteiger partial charge in [-0.1, -0.05) is 48.0 Å². The van der Waals surface area contributed by atoms with E-state index in [9.17, 15) is 8.42 Å². The zero-order valence-corrected chi connectivity index (χ0v) is 14.9. The molecule has 6 nitrogen and oxygen atoms in total. The summed E-state index contributed by atoms with van der Waals surface area (Å²) in [5, 5.41) is 8.54. The van der Waals surface area contributed by atoms with E-state index in [1.165, 1.54) is 18.3 Å². The number of hydrogen-bond donors (Lipinski definition) is 1. The summed E-state index contributed by atoms with van der Waals surface area (Å²) >= 11 is 6.36. The van der Waals surface area contributed by atoms with Gasteiger partial charge in [-0.25, -0.2) is 9.51 Å². The van der Waals surface area contributed by atoms with E-state index in [1.807, 2.05) is 30.3 Å². The molecular weight excluding hydrogens is 360 g/mol. The molecule has 0 aliphatic heterocycles. The monoisotopic (exact) mass is 374 g/mol. The molecule has 1 N–H and O–H groups in total. The number of aromatic nitrogens is 2. The van der Waals surface area contributed by atoms with Gasteiger partial charge in [0.15, 0.2) is 0 Å². The van der Waals surface area contributed by atoms with Gasteiger partial charge in [0.25, 0.3) is 10.0 Å². The number of benzene rings is 2. The van der Waals surface area contributed by atoms with Crippen LogP contribution in [0.25, 0.3) is 5.69 Å². The predicted molar refractivity (Wildman–Crippen MR) is 97.7 cm³/mol. The summed E-state index contributed by atoms with van der Waals surface area (Å²) in [7, 11) is -3.72. The van der Waals surface area contributed by atoms with Crippen molar-refractivity contribution < 1.29 is 8.42 Å². The van der Waals surface area contributed by atoms with Crippen molar-refractivity contribution in [1.82, 2.24) is 14.6 Å². The number of halogens is 1. The molecule has 3 rings (SSSR count). The molecule has 0 amide bonds. The normalized spacial score (nSPS) is 11.8. The highest BCUT2D eigenvalue weighted by Gasteiger charge is 2.14. The van der Waals surface area contributed by atoms with E-state index in [4.69, 9.17) is 11.6 Å². The zero-order valence-electron chi connectivity index (χ0n) is 13.3. The van der Waals surface area contributed by atoms with Crippen molar-refractivity contribution in [2.24, 2.45) is 5.10 Å². The molecule has 0 unspecified atom stereocenters. The van der Waals surface area contributed by atoms with Crippen LogP contribution in [0.4, 0.5) is 0 Å². The lowest BCUT2D eigenvalue weighted by Gasteiger charge is -2.03. The van der Waals surface area contributed by atoms with E-state index < -0.39 is 10.0 Å². The maximum absolute atomic E-state index is 12.1. The average Bonchev–Trinajstić information content (AvgIpc) is 2.91. The fraction of sp³-hybridized carbons (Fsp3) is 0.0588. The van der Waals surface area contributed by atoms with E-state index in [2.05, 4.69) is 15.0 Å². The number of hydrogen-bond acceptors (Lipinski definition) is 4. The Morgan fingerprint density at radius 2 is 1.68 bits per heavy atom. The van der Waals surface area contributed by atoms with E-state index in [1.54, 1.807) is 29.8 Å². The van der Waals surface area contributed by atoms with E-state index >= 15 is 0 Å². The first-order valence-corrected chi connectivity index (χ1v) is 9.25. The number of rotatable bonds is 5. The number of nitrogens with zero attached hydrogens (tertiary/aromatic N) is 3. The minimum Gasteiger partial charge on any atom is -0.221 e. The van der Waals surface area contributed by atoms with Crippen LogP contribution in [0.15, 0.2) is 70.7 Å². The highest BCUT2D eigenvalue weighted by atomic mass is 35.5. The third kappa shape index (κ3) is 3.72. The number of hydrazone groups is 1. The van der Waals surface area contributed by atoms with Crippen molar-refractivity contribution in [2.45, 2.75) is 11.8 Å². The standard InChI is InChI=1S/C17H15ClN4O2S/c1-13-16(17(18)22(20-13)14-8-4-2-5-9-14)12-19-21-25(23,24)15-10-6-3-7-11-15/h2-12,21H,1H3/b19-12+. The van der Waals surface area contributed by atoms with Crippen molar-refractivity contribution >= 4 is 27.8 Å². The summed E-state index contributed by atoms with van der Waals surface area (Å²) in [6.07, 6.45) is 1.35. The fourth-order valence-electron chi connectivity index (χ4n) is 2.21. The van der Waals surface area contributed by atoms with Gasteiger partial charge >= 0.3 is 0 Å². The van der Waals surface area contributed by atoms with Crippen molar-refractivity contribution in [3.8, 4) is 5.69 Å². The van der Waals surface area contributed by atoms with E-state index in [-0.39, 0.29) is 4.90 Å². The second-order valence-electron chi connectivity index (χ2n) is 5.20. The highest BCUT2D eigenvalue weighted by Crippen LogP contribution is 2.21. The van der Waals surface area contributed by atoms with Crippen LogP contribution in [-0.4, -0.2) is 24.4 Å². The third-order valence-corrected chi connectivity index (χ3v) is 5.07. The SMILES string of the molecule is Cc1nn(-c2ccccc2)c(Cl)c1/C=N/NS(=O)(=O)c1ccccc1. The Bertz CT molecular complexity index is 1000. The molecule has 128 valence electrons. The molecule has 0 saturated heterocycles. The molecule has 3 aromatic rings. The van der Waals surface area contributed by atoms with Gasteiger partial charge in [-0.15, -0.1) is 0 Å². The average molecular weight is 375 g/mol. The van der Waals surface area contributed by atoms with Crippen LogP contribution >= 0.6 is 11.6 Å². The molecule has 0 aliphatic carbocycles. The second-order valence-corrected chi connectivity index (χ2v) is 7.22. The Morgan fingerprint density at radius 1 is 1.08 bits per heavy atom. The Kier molecular flexibility index (Phi) is 4.87. The molecule has 0 fully saturated rings. The second kappa shape index (κ2) is 7.08. The Labute approximate surface area is 150 Å². The number of para-hydroxylation sites is 1. The lowest BCUT2D eigenvalue weighted by Crippen LogP contribution is -2.18. The van der Waals surface area contributed by atoms with Gasteiger partial charge in [-0.05, 0) is 31.2 Å². The van der Waals surface area contributed by atoms with Crippen LogP contribution in [0.1, 0.15) is 11.3 Å². The van der Waals surface area contributed by atoms with Crippen LogP contribution in [0.5, 0.6) is 0 Å². The molecule has 1 heterocycles. The third-order valence-electron chi connectivity index (χ3n) is 3.47. The van der Waals surface area contributed by atoms with Crippen LogP contribution < -0.4 is 4.83 Å². The van der Waals surface area contributed by atoms with Crippen molar-refractivity contribution in [2.75, 3.05) is 0 Å². The molecule has 0 atom stereocenters. The largest absolute Gasteiger partial charge is 0.276 e. The molecule has 0 bridgehead atoms.